The van der Waals surface area contributed by atoms with Crippen LogP contribution < -0.4 is 10.1 Å². The van der Waals surface area contributed by atoms with Crippen LogP contribution in [0.5, 0.6) is 5.75 Å². The first-order chi connectivity index (χ1) is 13.3. The first-order valence-corrected chi connectivity index (χ1v) is 9.28. The lowest BCUT2D eigenvalue weighted by Crippen LogP contribution is -2.14. The second-order valence-electron chi connectivity index (χ2n) is 7.59. The molecule has 0 radical (unpaired) electrons. The number of ether oxygens (including phenoxy) is 1. The number of aromatic nitrogens is 2. The Balaban J connectivity index is 1.87. The Kier molecular flexibility index (Phi) is 5.49. The fourth-order valence-electron chi connectivity index (χ4n) is 2.75. The van der Waals surface area contributed by atoms with Crippen molar-refractivity contribution in [2.24, 2.45) is 0 Å². The molecule has 0 aliphatic carbocycles. The van der Waals surface area contributed by atoms with Gasteiger partial charge in [-0.05, 0) is 49.7 Å². The molecule has 1 heterocycles. The van der Waals surface area contributed by atoms with E-state index in [1.54, 1.807) is 12.1 Å². The highest BCUT2D eigenvalue weighted by atomic mass is 16.5. The monoisotopic (exact) mass is 379 g/mol. The summed E-state index contributed by atoms with van der Waals surface area (Å²) in [6.45, 7) is 10.5. The van der Waals surface area contributed by atoms with Gasteiger partial charge in [-0.25, -0.2) is 0 Å². The van der Waals surface area contributed by atoms with Crippen LogP contribution >= 0.6 is 0 Å². The number of aryl methyl sites for hydroxylation is 1. The highest BCUT2D eigenvalue weighted by Crippen LogP contribution is 2.27. The fraction of sp³-hybridized carbons (Fsp3) is 0.318. The van der Waals surface area contributed by atoms with Crippen LogP contribution in [0.25, 0.3) is 11.5 Å². The number of hydrogen-bond acceptors (Lipinski definition) is 5. The van der Waals surface area contributed by atoms with E-state index < -0.39 is 0 Å². The molecule has 0 unspecified atom stereocenters. The van der Waals surface area contributed by atoms with Gasteiger partial charge in [0.25, 0.3) is 11.8 Å². The molecule has 0 aliphatic rings. The highest BCUT2D eigenvalue weighted by molar-refractivity contribution is 6.08. The van der Waals surface area contributed by atoms with Crippen LogP contribution in [0.15, 0.2) is 47.0 Å². The third kappa shape index (κ3) is 4.22. The molecule has 0 bridgehead atoms. The van der Waals surface area contributed by atoms with Crippen molar-refractivity contribution in [3.05, 3.63) is 59.4 Å². The first-order valence-electron chi connectivity index (χ1n) is 9.28. The number of carbonyl (C=O) groups is 1. The van der Waals surface area contributed by atoms with E-state index in [0.717, 1.165) is 11.3 Å². The summed E-state index contributed by atoms with van der Waals surface area (Å²) < 4.78 is 11.0. The fourth-order valence-corrected chi connectivity index (χ4v) is 2.75. The Morgan fingerprint density at radius 1 is 1.18 bits per heavy atom. The molecule has 1 amide bonds. The molecular formula is C22H25N3O3. The van der Waals surface area contributed by atoms with Gasteiger partial charge in [0.1, 0.15) is 5.75 Å². The summed E-state index contributed by atoms with van der Waals surface area (Å²) in [5.41, 5.74) is 2.49. The molecule has 0 saturated carbocycles. The molecule has 0 aliphatic heterocycles. The zero-order chi connectivity index (χ0) is 20.3. The molecule has 146 valence electrons. The van der Waals surface area contributed by atoms with Crippen LogP contribution in [0.3, 0.4) is 0 Å². The number of benzene rings is 2. The van der Waals surface area contributed by atoms with Crippen molar-refractivity contribution in [2.75, 3.05) is 11.9 Å². The molecule has 28 heavy (non-hydrogen) atoms. The van der Waals surface area contributed by atoms with E-state index in [0.29, 0.717) is 35.1 Å². The number of nitrogens with one attached hydrogen (secondary N) is 1. The van der Waals surface area contributed by atoms with Crippen LogP contribution in [0.2, 0.25) is 0 Å². The van der Waals surface area contributed by atoms with Gasteiger partial charge in [0, 0.05) is 11.1 Å². The van der Waals surface area contributed by atoms with Crippen LogP contribution in [0, 0.1) is 6.92 Å². The first kappa shape index (κ1) is 19.6. The van der Waals surface area contributed by atoms with Gasteiger partial charge >= 0.3 is 0 Å². The van der Waals surface area contributed by atoms with Gasteiger partial charge in [-0.15, -0.1) is 0 Å². The minimum atomic E-state index is -0.241. The molecule has 0 spiro atoms. The van der Waals surface area contributed by atoms with E-state index >= 15 is 0 Å². The Hall–Kier alpha value is -3.15. The Bertz CT molecular complexity index is 987. The van der Waals surface area contributed by atoms with E-state index in [1.165, 1.54) is 0 Å². The molecule has 0 saturated heterocycles. The van der Waals surface area contributed by atoms with E-state index in [4.69, 9.17) is 9.26 Å². The van der Waals surface area contributed by atoms with Crippen molar-refractivity contribution in [1.29, 1.82) is 0 Å². The summed E-state index contributed by atoms with van der Waals surface area (Å²) in [4.78, 5) is 17.4. The molecular weight excluding hydrogens is 354 g/mol. The number of carbonyl (C=O) groups excluding carboxylic acids is 1. The molecule has 1 aromatic heterocycles. The lowest BCUT2D eigenvalue weighted by atomic mass is 9.96. The Morgan fingerprint density at radius 2 is 1.93 bits per heavy atom. The van der Waals surface area contributed by atoms with E-state index in [-0.39, 0.29) is 11.3 Å². The van der Waals surface area contributed by atoms with E-state index in [2.05, 4.69) is 15.5 Å². The van der Waals surface area contributed by atoms with Crippen LogP contribution in [0.1, 0.15) is 49.4 Å². The number of rotatable bonds is 5. The van der Waals surface area contributed by atoms with Crippen molar-refractivity contribution in [3.8, 4) is 17.2 Å². The molecule has 1 N–H and O–H groups in total. The third-order valence-electron chi connectivity index (χ3n) is 4.23. The van der Waals surface area contributed by atoms with Gasteiger partial charge < -0.3 is 14.6 Å². The normalized spacial score (nSPS) is 11.3. The van der Waals surface area contributed by atoms with Crippen molar-refractivity contribution >= 4 is 11.6 Å². The van der Waals surface area contributed by atoms with Crippen molar-refractivity contribution in [2.45, 2.75) is 40.0 Å². The predicted molar refractivity (Wildman–Crippen MR) is 109 cm³/mol. The minimum Gasteiger partial charge on any atom is -0.494 e. The third-order valence-corrected chi connectivity index (χ3v) is 4.23. The van der Waals surface area contributed by atoms with Crippen molar-refractivity contribution < 1.29 is 14.1 Å². The summed E-state index contributed by atoms with van der Waals surface area (Å²) in [7, 11) is 0. The van der Waals surface area contributed by atoms with Gasteiger partial charge in [-0.2, -0.15) is 4.98 Å². The van der Waals surface area contributed by atoms with Crippen LogP contribution in [-0.2, 0) is 5.41 Å². The standard InChI is InChI=1S/C22H25N3O3/c1-6-27-18-12-11-15(13-14(18)2)23-19(26)16-9-7-8-10-17(16)20-24-21(25-28-20)22(3,4)5/h7-13H,6H2,1-5H3,(H,23,26). The average Bonchev–Trinajstić information content (AvgIpc) is 3.14. The van der Waals surface area contributed by atoms with Gasteiger partial charge in [0.2, 0.25) is 0 Å². The molecule has 0 atom stereocenters. The number of amides is 1. The Labute approximate surface area is 164 Å². The quantitative estimate of drug-likeness (QED) is 0.675. The average molecular weight is 379 g/mol. The molecule has 6 nitrogen and oxygen atoms in total. The molecule has 2 aromatic carbocycles. The SMILES string of the molecule is CCOc1ccc(NC(=O)c2ccccc2-c2nc(C(C)(C)C)no2)cc1C. The number of nitrogens with zero attached hydrogens (tertiary/aromatic N) is 2. The van der Waals surface area contributed by atoms with Gasteiger partial charge in [0.15, 0.2) is 5.82 Å². The lowest BCUT2D eigenvalue weighted by molar-refractivity contribution is 0.102. The maximum absolute atomic E-state index is 12.9. The van der Waals surface area contributed by atoms with Gasteiger partial charge in [-0.3, -0.25) is 4.79 Å². The summed E-state index contributed by atoms with van der Waals surface area (Å²) >= 11 is 0. The second kappa shape index (κ2) is 7.84. The minimum absolute atomic E-state index is 0.237. The zero-order valence-corrected chi connectivity index (χ0v) is 16.9. The van der Waals surface area contributed by atoms with E-state index in [1.807, 2.05) is 65.0 Å². The molecule has 3 aromatic rings. The molecule has 3 rings (SSSR count). The maximum Gasteiger partial charge on any atom is 0.258 e. The maximum atomic E-state index is 12.9. The summed E-state index contributed by atoms with van der Waals surface area (Å²) in [5, 5.41) is 6.99. The zero-order valence-electron chi connectivity index (χ0n) is 16.9. The summed E-state index contributed by atoms with van der Waals surface area (Å²) in [6, 6.07) is 12.8. The Morgan fingerprint density at radius 3 is 2.57 bits per heavy atom. The molecule has 6 heteroatoms. The van der Waals surface area contributed by atoms with Gasteiger partial charge in [0.05, 0.1) is 17.7 Å². The van der Waals surface area contributed by atoms with Crippen molar-refractivity contribution in [1.82, 2.24) is 10.1 Å². The van der Waals surface area contributed by atoms with Crippen LogP contribution in [-0.4, -0.2) is 22.7 Å². The summed E-state index contributed by atoms with van der Waals surface area (Å²) in [5.74, 6) is 1.49. The van der Waals surface area contributed by atoms with Crippen molar-refractivity contribution in [3.63, 3.8) is 0 Å². The largest absolute Gasteiger partial charge is 0.494 e. The molecule has 0 fully saturated rings. The second-order valence-corrected chi connectivity index (χ2v) is 7.59. The van der Waals surface area contributed by atoms with Crippen LogP contribution in [0.4, 0.5) is 5.69 Å². The summed E-state index contributed by atoms with van der Waals surface area (Å²) in [6.07, 6.45) is 0. The van der Waals surface area contributed by atoms with E-state index in [9.17, 15) is 4.79 Å². The topological polar surface area (TPSA) is 77.2 Å². The predicted octanol–water partition coefficient (Wildman–Crippen LogP) is 4.99. The highest BCUT2D eigenvalue weighted by Gasteiger charge is 2.23. The van der Waals surface area contributed by atoms with Gasteiger partial charge in [-0.1, -0.05) is 38.1 Å². The number of hydrogen-bond donors (Lipinski definition) is 1. The number of anilines is 1. The smallest absolute Gasteiger partial charge is 0.258 e. The lowest BCUT2D eigenvalue weighted by Gasteiger charge is -2.12.